The Morgan fingerprint density at radius 1 is 0.944 bits per heavy atom. The highest BCUT2D eigenvalue weighted by Crippen LogP contribution is 2.50. The van der Waals surface area contributed by atoms with Crippen molar-refractivity contribution in [2.75, 3.05) is 20.1 Å². The van der Waals surface area contributed by atoms with Crippen LogP contribution in [0.4, 0.5) is 0 Å². The van der Waals surface area contributed by atoms with Crippen molar-refractivity contribution in [2.24, 2.45) is 4.99 Å². The van der Waals surface area contributed by atoms with E-state index in [0.29, 0.717) is 0 Å². The zero-order valence-corrected chi connectivity index (χ0v) is 23.4. The molecule has 6 rings (SSSR count). The predicted molar refractivity (Wildman–Crippen MR) is 157 cm³/mol. The molecule has 0 saturated heterocycles. The molecule has 3 aliphatic rings. The Balaban J connectivity index is 1.54. The van der Waals surface area contributed by atoms with E-state index in [2.05, 4.69) is 86.7 Å². The number of fused-ring (bicyclic) bond motifs is 1. The number of halogens is 3. The highest BCUT2D eigenvalue weighted by Gasteiger charge is 2.41. The molecule has 0 radical (unpaired) electrons. The average molecular weight is 595 g/mol. The molecule has 0 bridgehead atoms. The van der Waals surface area contributed by atoms with Crippen LogP contribution < -0.4 is 0 Å². The Morgan fingerprint density at radius 2 is 1.67 bits per heavy atom. The van der Waals surface area contributed by atoms with Crippen molar-refractivity contribution in [1.82, 2.24) is 9.80 Å². The number of benzene rings is 3. The van der Waals surface area contributed by atoms with Crippen LogP contribution in [0.15, 0.2) is 105 Å². The Hall–Kier alpha value is -2.28. The molecule has 0 spiro atoms. The highest BCUT2D eigenvalue weighted by molar-refractivity contribution is 9.10. The largest absolute Gasteiger partial charge is 0.308 e. The van der Waals surface area contributed by atoms with Crippen LogP contribution in [-0.4, -0.2) is 35.1 Å². The van der Waals surface area contributed by atoms with Crippen LogP contribution in [-0.2, 0) is 0 Å². The summed E-state index contributed by atoms with van der Waals surface area (Å²) in [5, 5.41) is 4.66. The van der Waals surface area contributed by atoms with E-state index < -0.39 is 0 Å². The highest BCUT2D eigenvalue weighted by atomic mass is 79.9. The number of aliphatic imine (C=N–C) groups is 1. The van der Waals surface area contributed by atoms with E-state index in [1.165, 1.54) is 5.57 Å². The second kappa shape index (κ2) is 9.88. The van der Waals surface area contributed by atoms with Gasteiger partial charge in [0.15, 0.2) is 5.17 Å². The van der Waals surface area contributed by atoms with Crippen molar-refractivity contribution in [3.8, 4) is 0 Å². The summed E-state index contributed by atoms with van der Waals surface area (Å²) in [6.07, 6.45) is 2.18. The summed E-state index contributed by atoms with van der Waals surface area (Å²) in [5.41, 5.74) is 7.80. The molecule has 3 nitrogen and oxygen atoms in total. The summed E-state index contributed by atoms with van der Waals surface area (Å²) >= 11 is 18.6. The lowest BCUT2D eigenvalue weighted by atomic mass is 9.88. The SMILES string of the molecule is CN1CC2=C(N=C3SC=C(c4ccc(Br)cc4)N3C2c2ccccc2Cl)/C(=C/c2ccccc2Cl)C1. The number of likely N-dealkylation sites (N-methyl/N-ethyl adjacent to an activating group) is 1. The van der Waals surface area contributed by atoms with E-state index in [-0.39, 0.29) is 6.04 Å². The molecule has 7 heteroatoms. The van der Waals surface area contributed by atoms with Gasteiger partial charge in [-0.15, -0.1) is 0 Å². The van der Waals surface area contributed by atoms with Gasteiger partial charge in [0, 0.05) is 33.0 Å². The molecule has 3 aliphatic heterocycles. The molecule has 0 N–H and O–H groups in total. The van der Waals surface area contributed by atoms with Crippen LogP contribution in [0, 0.1) is 0 Å². The molecular weight excluding hydrogens is 573 g/mol. The van der Waals surface area contributed by atoms with Crippen molar-refractivity contribution in [1.29, 1.82) is 0 Å². The lowest BCUT2D eigenvalue weighted by Crippen LogP contribution is -2.40. The molecule has 3 aromatic carbocycles. The van der Waals surface area contributed by atoms with E-state index in [1.54, 1.807) is 11.8 Å². The molecule has 180 valence electrons. The first-order chi connectivity index (χ1) is 17.5. The van der Waals surface area contributed by atoms with Gasteiger partial charge in [0.05, 0.1) is 17.4 Å². The number of amidine groups is 1. The fourth-order valence-corrected chi connectivity index (χ4v) is 6.63. The maximum atomic E-state index is 6.85. The van der Waals surface area contributed by atoms with Crippen molar-refractivity contribution >= 4 is 67.8 Å². The van der Waals surface area contributed by atoms with Crippen molar-refractivity contribution < 1.29 is 0 Å². The molecule has 1 atom stereocenters. The fourth-order valence-electron chi connectivity index (χ4n) is 5.00. The van der Waals surface area contributed by atoms with E-state index >= 15 is 0 Å². The van der Waals surface area contributed by atoms with Crippen molar-refractivity contribution in [3.63, 3.8) is 0 Å². The molecule has 3 heterocycles. The van der Waals surface area contributed by atoms with E-state index in [0.717, 1.165) is 66.4 Å². The first kappa shape index (κ1) is 24.1. The molecule has 0 fully saturated rings. The lowest BCUT2D eigenvalue weighted by molar-refractivity contribution is 0.344. The van der Waals surface area contributed by atoms with Crippen molar-refractivity contribution in [3.05, 3.63) is 126 Å². The topological polar surface area (TPSA) is 18.8 Å². The smallest absolute Gasteiger partial charge is 0.174 e. The van der Waals surface area contributed by atoms with Gasteiger partial charge in [-0.2, -0.15) is 0 Å². The Labute approximate surface area is 233 Å². The minimum absolute atomic E-state index is 0.0662. The van der Waals surface area contributed by atoms with Crippen LogP contribution in [0.3, 0.4) is 0 Å². The first-order valence-electron chi connectivity index (χ1n) is 11.6. The molecule has 0 aromatic heterocycles. The minimum Gasteiger partial charge on any atom is -0.308 e. The number of hydrogen-bond acceptors (Lipinski definition) is 4. The molecule has 3 aromatic rings. The molecule has 36 heavy (non-hydrogen) atoms. The third kappa shape index (κ3) is 4.37. The number of nitrogens with zero attached hydrogens (tertiary/aromatic N) is 3. The quantitative estimate of drug-likeness (QED) is 0.303. The number of thioether (sulfide) groups is 1. The first-order valence-corrected chi connectivity index (χ1v) is 14.0. The maximum Gasteiger partial charge on any atom is 0.174 e. The summed E-state index contributed by atoms with van der Waals surface area (Å²) in [6, 6.07) is 24.5. The van der Waals surface area contributed by atoms with Crippen LogP contribution in [0.5, 0.6) is 0 Å². The van der Waals surface area contributed by atoms with Gasteiger partial charge in [0.25, 0.3) is 0 Å². The number of hydrogen-bond donors (Lipinski definition) is 0. The molecule has 0 amide bonds. The zero-order valence-electron chi connectivity index (χ0n) is 19.5. The summed E-state index contributed by atoms with van der Waals surface area (Å²) in [4.78, 5) is 9.93. The van der Waals surface area contributed by atoms with Crippen molar-refractivity contribution in [2.45, 2.75) is 6.04 Å². The maximum absolute atomic E-state index is 6.85. The molecule has 0 aliphatic carbocycles. The van der Waals surface area contributed by atoms with Gasteiger partial charge in [-0.3, -0.25) is 4.90 Å². The molecule has 0 saturated carbocycles. The zero-order chi connectivity index (χ0) is 24.8. The summed E-state index contributed by atoms with van der Waals surface area (Å²) in [6.45, 7) is 1.60. The number of rotatable bonds is 3. The molecule has 1 unspecified atom stereocenters. The van der Waals surface area contributed by atoms with Gasteiger partial charge < -0.3 is 4.90 Å². The summed E-state index contributed by atoms with van der Waals surface area (Å²) in [5.74, 6) is 0. The van der Waals surface area contributed by atoms with Gasteiger partial charge in [-0.05, 0) is 65.2 Å². The van der Waals surface area contributed by atoms with Crippen LogP contribution in [0.2, 0.25) is 10.0 Å². The monoisotopic (exact) mass is 593 g/mol. The Morgan fingerprint density at radius 3 is 2.42 bits per heavy atom. The van der Waals surface area contributed by atoms with Gasteiger partial charge in [0.1, 0.15) is 0 Å². The predicted octanol–water partition coefficient (Wildman–Crippen LogP) is 8.50. The minimum atomic E-state index is -0.0662. The van der Waals surface area contributed by atoms with Crippen LogP contribution in [0.1, 0.15) is 22.7 Å². The lowest BCUT2D eigenvalue weighted by Gasteiger charge is -2.42. The van der Waals surface area contributed by atoms with Gasteiger partial charge in [-0.25, -0.2) is 4.99 Å². The normalized spacial score (nSPS) is 20.8. The van der Waals surface area contributed by atoms with Crippen LogP contribution in [0.25, 0.3) is 11.8 Å². The average Bonchev–Trinajstić information content (AvgIpc) is 3.29. The summed E-state index contributed by atoms with van der Waals surface area (Å²) in [7, 11) is 2.15. The van der Waals surface area contributed by atoms with Crippen LogP contribution >= 0.6 is 50.9 Å². The van der Waals surface area contributed by atoms with Gasteiger partial charge >= 0.3 is 0 Å². The van der Waals surface area contributed by atoms with E-state index in [9.17, 15) is 0 Å². The van der Waals surface area contributed by atoms with Gasteiger partial charge in [0.2, 0.25) is 0 Å². The van der Waals surface area contributed by atoms with E-state index in [4.69, 9.17) is 28.2 Å². The fraction of sp³-hybridized carbons (Fsp3) is 0.138. The third-order valence-corrected chi connectivity index (χ3v) is 8.66. The van der Waals surface area contributed by atoms with E-state index in [1.807, 2.05) is 30.3 Å². The second-order valence-corrected chi connectivity index (χ2v) is 11.6. The van der Waals surface area contributed by atoms with Gasteiger partial charge in [-0.1, -0.05) is 99.4 Å². The standard InChI is InChI=1S/C29H22BrCl2N3S/c1-34-15-20(14-19-6-2-4-8-24(19)31)27-23(16-34)28(22-7-3-5-9-25(22)32)35-26(17-36-29(35)33-27)18-10-12-21(30)13-11-18/h2-14,17,28H,15-16H2,1H3/b20-14+. The molecular formula is C29H22BrCl2N3S. The second-order valence-electron chi connectivity index (χ2n) is 9.05. The Kier molecular flexibility index (Phi) is 6.61. The third-order valence-electron chi connectivity index (χ3n) is 6.60. The summed E-state index contributed by atoms with van der Waals surface area (Å²) < 4.78 is 1.06. The Bertz CT molecular complexity index is 1480.